The number of hydrogen-bond acceptors (Lipinski definition) is 3. The highest BCUT2D eigenvalue weighted by Crippen LogP contribution is 2.18. The number of nitrogens with one attached hydrogen (secondary N) is 3. The highest BCUT2D eigenvalue weighted by molar-refractivity contribution is 14.0. The summed E-state index contributed by atoms with van der Waals surface area (Å²) < 4.78 is 5.08. The maximum atomic E-state index is 11.5. The lowest BCUT2D eigenvalue weighted by Crippen LogP contribution is -2.44. The SMILES string of the molecule is CCNC(=NCCCC(=O)NC1CC1)NC(C)COC.I. The number of amides is 1. The zero-order chi connectivity index (χ0) is 14.8. The van der Waals surface area contributed by atoms with Crippen LogP contribution < -0.4 is 16.0 Å². The van der Waals surface area contributed by atoms with E-state index in [-0.39, 0.29) is 35.9 Å². The van der Waals surface area contributed by atoms with Gasteiger partial charge in [-0.15, -0.1) is 24.0 Å². The van der Waals surface area contributed by atoms with Crippen LogP contribution in [0.5, 0.6) is 0 Å². The third kappa shape index (κ3) is 10.8. The molecule has 0 aromatic rings. The quantitative estimate of drug-likeness (QED) is 0.231. The Kier molecular flexibility index (Phi) is 11.7. The van der Waals surface area contributed by atoms with Gasteiger partial charge in [-0.05, 0) is 33.1 Å². The van der Waals surface area contributed by atoms with Crippen molar-refractivity contribution in [3.8, 4) is 0 Å². The number of carbonyl (C=O) groups excluding carboxylic acids is 1. The summed E-state index contributed by atoms with van der Waals surface area (Å²) in [5, 5.41) is 9.43. The highest BCUT2D eigenvalue weighted by Gasteiger charge is 2.22. The van der Waals surface area contributed by atoms with Crippen molar-refractivity contribution in [1.82, 2.24) is 16.0 Å². The molecule has 1 rings (SSSR count). The number of methoxy groups -OCH3 is 1. The van der Waals surface area contributed by atoms with Crippen LogP contribution in [0.3, 0.4) is 0 Å². The molecule has 21 heavy (non-hydrogen) atoms. The molecule has 1 amide bonds. The van der Waals surface area contributed by atoms with Crippen LogP contribution in [-0.4, -0.2) is 50.8 Å². The van der Waals surface area contributed by atoms with Crippen LogP contribution in [0.1, 0.15) is 39.5 Å². The predicted octanol–water partition coefficient (Wildman–Crippen LogP) is 1.25. The lowest BCUT2D eigenvalue weighted by atomic mass is 10.3. The van der Waals surface area contributed by atoms with E-state index in [1.807, 2.05) is 13.8 Å². The van der Waals surface area contributed by atoms with Crippen molar-refractivity contribution in [2.24, 2.45) is 4.99 Å². The third-order valence-electron chi connectivity index (χ3n) is 2.92. The summed E-state index contributed by atoms with van der Waals surface area (Å²) in [6.45, 7) is 6.16. The van der Waals surface area contributed by atoms with Crippen molar-refractivity contribution in [3.63, 3.8) is 0 Å². The summed E-state index contributed by atoms with van der Waals surface area (Å²) in [6, 6.07) is 0.649. The van der Waals surface area contributed by atoms with Gasteiger partial charge in [0.15, 0.2) is 5.96 Å². The summed E-state index contributed by atoms with van der Waals surface area (Å²) in [5.74, 6) is 0.924. The smallest absolute Gasteiger partial charge is 0.220 e. The van der Waals surface area contributed by atoms with E-state index in [1.165, 1.54) is 0 Å². The molecule has 0 bridgehead atoms. The topological polar surface area (TPSA) is 74.8 Å². The number of rotatable bonds is 9. The predicted molar refractivity (Wildman–Crippen MR) is 96.3 cm³/mol. The first-order valence-corrected chi connectivity index (χ1v) is 7.48. The van der Waals surface area contributed by atoms with Gasteiger partial charge in [0.05, 0.1) is 6.61 Å². The molecule has 124 valence electrons. The molecule has 1 fully saturated rings. The third-order valence-corrected chi connectivity index (χ3v) is 2.92. The lowest BCUT2D eigenvalue weighted by Gasteiger charge is -2.16. The first-order valence-electron chi connectivity index (χ1n) is 7.48. The maximum absolute atomic E-state index is 11.5. The molecule has 0 aliphatic heterocycles. The van der Waals surface area contributed by atoms with Crippen LogP contribution in [0.2, 0.25) is 0 Å². The normalized spacial score (nSPS) is 15.9. The summed E-state index contributed by atoms with van der Waals surface area (Å²) in [5.41, 5.74) is 0. The molecule has 3 N–H and O–H groups in total. The molecule has 1 atom stereocenters. The number of nitrogens with zero attached hydrogens (tertiary/aromatic N) is 1. The number of carbonyl (C=O) groups is 1. The Labute approximate surface area is 144 Å². The van der Waals surface area contributed by atoms with Gasteiger partial charge in [0, 0.05) is 38.7 Å². The van der Waals surface area contributed by atoms with E-state index in [0.29, 0.717) is 25.6 Å². The summed E-state index contributed by atoms with van der Waals surface area (Å²) in [7, 11) is 1.68. The van der Waals surface area contributed by atoms with Gasteiger partial charge >= 0.3 is 0 Å². The number of aliphatic imine (C=N–C) groups is 1. The molecule has 6 nitrogen and oxygen atoms in total. The lowest BCUT2D eigenvalue weighted by molar-refractivity contribution is -0.121. The zero-order valence-corrected chi connectivity index (χ0v) is 15.6. The van der Waals surface area contributed by atoms with E-state index in [0.717, 1.165) is 31.8 Å². The first kappa shape index (κ1) is 20.4. The Morgan fingerprint density at radius 2 is 2.14 bits per heavy atom. The number of halogens is 1. The van der Waals surface area contributed by atoms with Crippen molar-refractivity contribution >= 4 is 35.8 Å². The van der Waals surface area contributed by atoms with Gasteiger partial charge in [-0.2, -0.15) is 0 Å². The molecule has 1 saturated carbocycles. The minimum absolute atomic E-state index is 0. The van der Waals surface area contributed by atoms with Crippen molar-refractivity contribution in [2.45, 2.75) is 51.6 Å². The average molecular weight is 412 g/mol. The molecule has 0 spiro atoms. The van der Waals surface area contributed by atoms with Crippen LogP contribution in [0.25, 0.3) is 0 Å². The van der Waals surface area contributed by atoms with Gasteiger partial charge < -0.3 is 20.7 Å². The Bertz CT molecular complexity index is 322. The van der Waals surface area contributed by atoms with Crippen LogP contribution >= 0.6 is 24.0 Å². The molecule has 1 unspecified atom stereocenters. The van der Waals surface area contributed by atoms with Gasteiger partial charge in [-0.3, -0.25) is 9.79 Å². The van der Waals surface area contributed by atoms with E-state index >= 15 is 0 Å². The Morgan fingerprint density at radius 1 is 1.43 bits per heavy atom. The average Bonchev–Trinajstić information content (AvgIpc) is 3.19. The fourth-order valence-electron chi connectivity index (χ4n) is 1.80. The zero-order valence-electron chi connectivity index (χ0n) is 13.3. The first-order chi connectivity index (χ1) is 9.65. The van der Waals surface area contributed by atoms with Crippen LogP contribution in [-0.2, 0) is 9.53 Å². The second kappa shape index (κ2) is 12.0. The second-order valence-electron chi connectivity index (χ2n) is 5.21. The monoisotopic (exact) mass is 412 g/mol. The molecule has 1 aliphatic carbocycles. The molecular weight excluding hydrogens is 383 g/mol. The second-order valence-corrected chi connectivity index (χ2v) is 5.21. The molecule has 0 heterocycles. The van der Waals surface area contributed by atoms with Crippen molar-refractivity contribution < 1.29 is 9.53 Å². The summed E-state index contributed by atoms with van der Waals surface area (Å²) >= 11 is 0. The molecule has 7 heteroatoms. The fourth-order valence-corrected chi connectivity index (χ4v) is 1.80. The van der Waals surface area contributed by atoms with E-state index in [1.54, 1.807) is 7.11 Å². The van der Waals surface area contributed by atoms with Gasteiger partial charge in [0.1, 0.15) is 0 Å². The van der Waals surface area contributed by atoms with E-state index in [9.17, 15) is 4.79 Å². The molecule has 0 aromatic heterocycles. The van der Waals surface area contributed by atoms with Crippen molar-refractivity contribution in [1.29, 1.82) is 0 Å². The summed E-state index contributed by atoms with van der Waals surface area (Å²) in [6.07, 6.45) is 3.59. The standard InChI is InChI=1S/C14H28N4O2.HI/c1-4-15-14(17-11(2)10-20-3)16-9-5-6-13(19)18-12-7-8-12;/h11-12H,4-10H2,1-3H3,(H,18,19)(H2,15,16,17);1H. The molecule has 0 radical (unpaired) electrons. The largest absolute Gasteiger partial charge is 0.383 e. The van der Waals surface area contributed by atoms with Gasteiger partial charge in [0.2, 0.25) is 5.91 Å². The van der Waals surface area contributed by atoms with Gasteiger partial charge in [-0.1, -0.05) is 0 Å². The molecular formula is C14H29IN4O2. The Hall–Kier alpha value is -0.570. The van der Waals surface area contributed by atoms with Gasteiger partial charge in [0.25, 0.3) is 0 Å². The van der Waals surface area contributed by atoms with E-state index < -0.39 is 0 Å². The highest BCUT2D eigenvalue weighted by atomic mass is 127. The van der Waals surface area contributed by atoms with Crippen molar-refractivity contribution in [3.05, 3.63) is 0 Å². The van der Waals surface area contributed by atoms with E-state index in [2.05, 4.69) is 20.9 Å². The summed E-state index contributed by atoms with van der Waals surface area (Å²) in [4.78, 5) is 16.0. The van der Waals surface area contributed by atoms with E-state index in [4.69, 9.17) is 4.74 Å². The molecule has 1 aliphatic rings. The Balaban J connectivity index is 0.00000400. The fraction of sp³-hybridized carbons (Fsp3) is 0.857. The molecule has 0 saturated heterocycles. The molecule has 0 aromatic carbocycles. The Morgan fingerprint density at radius 3 is 2.71 bits per heavy atom. The minimum atomic E-state index is 0. The van der Waals surface area contributed by atoms with Crippen molar-refractivity contribution in [2.75, 3.05) is 26.8 Å². The van der Waals surface area contributed by atoms with Gasteiger partial charge in [-0.25, -0.2) is 0 Å². The number of guanidine groups is 1. The number of hydrogen-bond donors (Lipinski definition) is 3. The van der Waals surface area contributed by atoms with Crippen LogP contribution in [0.4, 0.5) is 0 Å². The van der Waals surface area contributed by atoms with Crippen LogP contribution in [0.15, 0.2) is 4.99 Å². The minimum Gasteiger partial charge on any atom is -0.383 e. The maximum Gasteiger partial charge on any atom is 0.220 e. The number of ether oxygens (including phenoxy) is 1. The van der Waals surface area contributed by atoms with Crippen LogP contribution in [0, 0.1) is 0 Å².